The summed E-state index contributed by atoms with van der Waals surface area (Å²) in [6, 6.07) is 3.93. The van der Waals surface area contributed by atoms with Gasteiger partial charge < -0.3 is 14.5 Å². The second-order valence-corrected chi connectivity index (χ2v) is 6.97. The van der Waals surface area contributed by atoms with Gasteiger partial charge >= 0.3 is 0 Å². The highest BCUT2D eigenvalue weighted by Crippen LogP contribution is 2.25. The molecule has 1 unspecified atom stereocenters. The SMILES string of the molecule is Cc1ccc(-c2nc(CC(=O)NC(C)CN3CCOCC3)cs2)o1. The Morgan fingerprint density at radius 3 is 2.92 bits per heavy atom. The highest BCUT2D eigenvalue weighted by Gasteiger charge is 2.16. The second-order valence-electron chi connectivity index (χ2n) is 6.11. The zero-order chi connectivity index (χ0) is 16.9. The summed E-state index contributed by atoms with van der Waals surface area (Å²) in [6.07, 6.45) is 0.295. The van der Waals surface area contributed by atoms with Gasteiger partial charge in [-0.2, -0.15) is 0 Å². The number of morpholine rings is 1. The van der Waals surface area contributed by atoms with E-state index in [1.165, 1.54) is 11.3 Å². The molecule has 24 heavy (non-hydrogen) atoms. The minimum absolute atomic E-state index is 0.00300. The van der Waals surface area contributed by atoms with Gasteiger partial charge in [0.05, 0.1) is 25.3 Å². The number of hydrogen-bond donors (Lipinski definition) is 1. The lowest BCUT2D eigenvalue weighted by atomic mass is 10.2. The molecular weight excluding hydrogens is 326 g/mol. The van der Waals surface area contributed by atoms with Gasteiger partial charge in [-0.15, -0.1) is 11.3 Å². The van der Waals surface area contributed by atoms with Crippen molar-refractivity contribution >= 4 is 17.2 Å². The fourth-order valence-corrected chi connectivity index (χ4v) is 3.54. The molecule has 1 aliphatic heterocycles. The molecule has 3 heterocycles. The lowest BCUT2D eigenvalue weighted by Crippen LogP contribution is -2.46. The molecule has 0 spiro atoms. The molecule has 1 atom stereocenters. The number of hydrogen-bond acceptors (Lipinski definition) is 6. The van der Waals surface area contributed by atoms with Crippen molar-refractivity contribution in [2.75, 3.05) is 32.8 Å². The van der Waals surface area contributed by atoms with Gasteiger partial charge in [-0.1, -0.05) is 0 Å². The summed E-state index contributed by atoms with van der Waals surface area (Å²) in [6.45, 7) is 8.19. The first-order valence-corrected chi connectivity index (χ1v) is 9.09. The molecule has 2 aromatic rings. The van der Waals surface area contributed by atoms with Crippen molar-refractivity contribution in [3.8, 4) is 10.8 Å². The molecule has 1 saturated heterocycles. The molecule has 1 aliphatic rings. The Morgan fingerprint density at radius 2 is 2.21 bits per heavy atom. The van der Waals surface area contributed by atoms with Crippen LogP contribution in [0.2, 0.25) is 0 Å². The summed E-state index contributed by atoms with van der Waals surface area (Å²) < 4.78 is 10.9. The molecule has 0 saturated carbocycles. The largest absolute Gasteiger partial charge is 0.459 e. The van der Waals surface area contributed by atoms with Gasteiger partial charge in [-0.05, 0) is 26.0 Å². The lowest BCUT2D eigenvalue weighted by molar-refractivity contribution is -0.121. The molecule has 0 bridgehead atoms. The monoisotopic (exact) mass is 349 g/mol. The fraction of sp³-hybridized carbons (Fsp3) is 0.529. The van der Waals surface area contributed by atoms with Crippen molar-refractivity contribution in [1.82, 2.24) is 15.2 Å². The van der Waals surface area contributed by atoms with E-state index in [1.807, 2.05) is 31.4 Å². The van der Waals surface area contributed by atoms with Crippen molar-refractivity contribution in [3.05, 3.63) is 29.0 Å². The Balaban J connectivity index is 1.48. The van der Waals surface area contributed by atoms with E-state index in [2.05, 4.69) is 15.2 Å². The van der Waals surface area contributed by atoms with Crippen LogP contribution in [0, 0.1) is 6.92 Å². The van der Waals surface area contributed by atoms with Crippen LogP contribution in [0.5, 0.6) is 0 Å². The number of ether oxygens (including phenoxy) is 1. The summed E-state index contributed by atoms with van der Waals surface area (Å²) >= 11 is 1.50. The number of rotatable bonds is 6. The number of aromatic nitrogens is 1. The third kappa shape index (κ3) is 4.66. The van der Waals surface area contributed by atoms with E-state index >= 15 is 0 Å². The predicted molar refractivity (Wildman–Crippen MR) is 93.1 cm³/mol. The number of nitrogens with zero attached hydrogens (tertiary/aromatic N) is 2. The van der Waals surface area contributed by atoms with E-state index in [0.717, 1.165) is 55.1 Å². The maximum Gasteiger partial charge on any atom is 0.226 e. The Morgan fingerprint density at radius 1 is 1.42 bits per heavy atom. The van der Waals surface area contributed by atoms with E-state index < -0.39 is 0 Å². The van der Waals surface area contributed by atoms with Crippen LogP contribution >= 0.6 is 11.3 Å². The Bertz CT molecular complexity index is 676. The van der Waals surface area contributed by atoms with Crippen LogP contribution in [0.3, 0.4) is 0 Å². The normalized spacial score (nSPS) is 16.9. The van der Waals surface area contributed by atoms with Crippen LogP contribution in [0.15, 0.2) is 21.9 Å². The van der Waals surface area contributed by atoms with Crippen LogP contribution in [0.1, 0.15) is 18.4 Å². The molecule has 0 aromatic carbocycles. The van der Waals surface area contributed by atoms with Crippen LogP contribution in [-0.4, -0.2) is 54.7 Å². The zero-order valence-electron chi connectivity index (χ0n) is 14.1. The quantitative estimate of drug-likeness (QED) is 0.865. The molecule has 1 N–H and O–H groups in total. The molecule has 1 fully saturated rings. The zero-order valence-corrected chi connectivity index (χ0v) is 14.9. The number of furan rings is 1. The standard InChI is InChI=1S/C17H23N3O3S/c1-12(10-20-5-7-22-8-6-20)18-16(21)9-14-11-24-17(19-14)15-4-3-13(2)23-15/h3-4,11-12H,5-10H2,1-2H3,(H,18,21). The van der Waals surface area contributed by atoms with Crippen LogP contribution in [-0.2, 0) is 16.0 Å². The minimum Gasteiger partial charge on any atom is -0.459 e. The number of carbonyl (C=O) groups is 1. The molecule has 130 valence electrons. The summed E-state index contributed by atoms with van der Waals surface area (Å²) in [4.78, 5) is 19.0. The molecule has 7 heteroatoms. The number of carbonyl (C=O) groups excluding carboxylic acids is 1. The van der Waals surface area contributed by atoms with Gasteiger partial charge in [0.25, 0.3) is 0 Å². The molecular formula is C17H23N3O3S. The summed E-state index contributed by atoms with van der Waals surface area (Å²) in [7, 11) is 0. The molecule has 0 radical (unpaired) electrons. The third-order valence-corrected chi connectivity index (χ3v) is 4.79. The Labute approximate surface area is 145 Å². The van der Waals surface area contributed by atoms with Crippen LogP contribution in [0.4, 0.5) is 0 Å². The van der Waals surface area contributed by atoms with Gasteiger partial charge in [0.15, 0.2) is 10.8 Å². The summed E-state index contributed by atoms with van der Waals surface area (Å²) in [5.74, 6) is 1.62. The molecule has 0 aliphatic carbocycles. The smallest absolute Gasteiger partial charge is 0.226 e. The highest BCUT2D eigenvalue weighted by atomic mass is 32.1. The molecule has 1 amide bonds. The van der Waals surface area contributed by atoms with E-state index in [0.29, 0.717) is 6.42 Å². The van der Waals surface area contributed by atoms with Crippen molar-refractivity contribution < 1.29 is 13.9 Å². The van der Waals surface area contributed by atoms with Gasteiger partial charge in [-0.25, -0.2) is 4.98 Å². The highest BCUT2D eigenvalue weighted by molar-refractivity contribution is 7.13. The Kier molecular flexibility index (Phi) is 5.65. The van der Waals surface area contributed by atoms with Crippen LogP contribution in [0.25, 0.3) is 10.8 Å². The van der Waals surface area contributed by atoms with Gasteiger partial charge in [0.2, 0.25) is 5.91 Å². The van der Waals surface area contributed by atoms with Crippen molar-refractivity contribution in [2.45, 2.75) is 26.3 Å². The van der Waals surface area contributed by atoms with Gasteiger partial charge in [-0.3, -0.25) is 9.69 Å². The van der Waals surface area contributed by atoms with Gasteiger partial charge in [0.1, 0.15) is 5.76 Å². The van der Waals surface area contributed by atoms with Crippen molar-refractivity contribution in [2.24, 2.45) is 0 Å². The van der Waals surface area contributed by atoms with Crippen molar-refractivity contribution in [3.63, 3.8) is 0 Å². The summed E-state index contributed by atoms with van der Waals surface area (Å²) in [5.41, 5.74) is 0.778. The van der Waals surface area contributed by atoms with Crippen molar-refractivity contribution in [1.29, 1.82) is 0 Å². The second kappa shape index (κ2) is 7.92. The number of amides is 1. The lowest BCUT2D eigenvalue weighted by Gasteiger charge is -2.29. The Hall–Kier alpha value is -1.70. The number of aryl methyl sites for hydroxylation is 1. The number of thiazole rings is 1. The average molecular weight is 349 g/mol. The summed E-state index contributed by atoms with van der Waals surface area (Å²) in [5, 5.41) is 5.78. The topological polar surface area (TPSA) is 67.6 Å². The van der Waals surface area contributed by atoms with E-state index in [-0.39, 0.29) is 11.9 Å². The first-order valence-electron chi connectivity index (χ1n) is 8.21. The molecule has 3 rings (SSSR count). The van der Waals surface area contributed by atoms with E-state index in [9.17, 15) is 4.79 Å². The maximum absolute atomic E-state index is 12.2. The number of nitrogens with one attached hydrogen (secondary N) is 1. The first kappa shape index (κ1) is 17.1. The fourth-order valence-electron chi connectivity index (χ4n) is 2.76. The minimum atomic E-state index is 0.00300. The predicted octanol–water partition coefficient (Wildman–Crippen LogP) is 2.09. The molecule has 6 nitrogen and oxygen atoms in total. The molecule has 2 aromatic heterocycles. The van der Waals surface area contributed by atoms with Gasteiger partial charge in [0, 0.05) is 31.1 Å². The third-order valence-electron chi connectivity index (χ3n) is 3.89. The average Bonchev–Trinajstić information content (AvgIpc) is 3.17. The first-order chi connectivity index (χ1) is 11.6. The van der Waals surface area contributed by atoms with E-state index in [4.69, 9.17) is 9.15 Å². The van der Waals surface area contributed by atoms with Crippen LogP contribution < -0.4 is 5.32 Å². The van der Waals surface area contributed by atoms with E-state index in [1.54, 1.807) is 0 Å². The maximum atomic E-state index is 12.2.